The van der Waals surface area contributed by atoms with Crippen molar-refractivity contribution in [3.05, 3.63) is 11.1 Å². The number of anilines is 1. The predicted molar refractivity (Wildman–Crippen MR) is 103 cm³/mol. The summed E-state index contributed by atoms with van der Waals surface area (Å²) in [5, 5.41) is 8.51. The number of rotatable bonds is 5. The maximum atomic E-state index is 13.3. The summed E-state index contributed by atoms with van der Waals surface area (Å²) in [4.78, 5) is 30.3. The molecule has 0 radical (unpaired) electrons. The highest BCUT2D eigenvalue weighted by molar-refractivity contribution is 7.13. The van der Waals surface area contributed by atoms with Gasteiger partial charge in [-0.15, -0.1) is 11.3 Å². The normalized spacial score (nSPS) is 33.3. The molecule has 2 amide bonds. The lowest BCUT2D eigenvalue weighted by Gasteiger charge is -2.55. The molecule has 4 saturated carbocycles. The average molecular weight is 376 g/mol. The molecule has 26 heavy (non-hydrogen) atoms. The quantitative estimate of drug-likeness (QED) is 0.823. The van der Waals surface area contributed by atoms with E-state index in [1.807, 2.05) is 26.2 Å². The summed E-state index contributed by atoms with van der Waals surface area (Å²) in [6.45, 7) is 5.87. The van der Waals surface area contributed by atoms with E-state index in [0.29, 0.717) is 5.13 Å². The molecule has 4 aliphatic rings. The predicted octanol–water partition coefficient (Wildman–Crippen LogP) is 3.75. The Morgan fingerprint density at radius 1 is 1.15 bits per heavy atom. The standard InChI is InChI=1S/C20H29N3O2S/c1-11(2)16(17(24)23-19-21-12(3)10-26-19)22-18(25)20-7-13-4-14(8-20)6-15(5-13)9-20/h10-11,13-16H,4-9H2,1-3H3,(H,22,25)(H,21,23,24). The van der Waals surface area contributed by atoms with Gasteiger partial charge in [-0.2, -0.15) is 0 Å². The zero-order valence-electron chi connectivity index (χ0n) is 15.9. The summed E-state index contributed by atoms with van der Waals surface area (Å²) in [7, 11) is 0. The number of hydrogen-bond acceptors (Lipinski definition) is 4. The van der Waals surface area contributed by atoms with Crippen molar-refractivity contribution in [3.8, 4) is 0 Å². The van der Waals surface area contributed by atoms with Crippen molar-refractivity contribution in [2.75, 3.05) is 5.32 Å². The average Bonchev–Trinajstić information content (AvgIpc) is 2.95. The summed E-state index contributed by atoms with van der Waals surface area (Å²) >= 11 is 1.42. The Hall–Kier alpha value is -1.43. The highest BCUT2D eigenvalue weighted by atomic mass is 32.1. The molecular weight excluding hydrogens is 346 g/mol. The molecule has 1 atom stereocenters. The molecule has 4 fully saturated rings. The Morgan fingerprint density at radius 3 is 2.19 bits per heavy atom. The Labute approximate surface area is 159 Å². The molecule has 4 bridgehead atoms. The molecule has 1 heterocycles. The molecule has 6 heteroatoms. The van der Waals surface area contributed by atoms with Crippen LogP contribution >= 0.6 is 11.3 Å². The largest absolute Gasteiger partial charge is 0.344 e. The molecule has 1 aromatic rings. The third-order valence-corrected chi connectivity index (χ3v) is 7.48. The summed E-state index contributed by atoms with van der Waals surface area (Å²) in [6, 6.07) is -0.514. The number of aryl methyl sites for hydroxylation is 1. The third-order valence-electron chi connectivity index (χ3n) is 6.60. The zero-order chi connectivity index (χ0) is 18.5. The molecular formula is C20H29N3O2S. The number of carbonyl (C=O) groups is 2. The Balaban J connectivity index is 1.46. The van der Waals surface area contributed by atoms with Crippen molar-refractivity contribution < 1.29 is 9.59 Å². The topological polar surface area (TPSA) is 71.1 Å². The van der Waals surface area contributed by atoms with Crippen molar-refractivity contribution in [3.63, 3.8) is 0 Å². The van der Waals surface area contributed by atoms with Gasteiger partial charge >= 0.3 is 0 Å². The molecule has 1 unspecified atom stereocenters. The SMILES string of the molecule is Cc1csc(NC(=O)C(NC(=O)C23CC4CC(CC(C4)C2)C3)C(C)C)n1. The van der Waals surface area contributed by atoms with Gasteiger partial charge in [0, 0.05) is 10.8 Å². The second kappa shape index (κ2) is 6.63. The first kappa shape index (κ1) is 18.0. The van der Waals surface area contributed by atoms with Gasteiger partial charge in [0.05, 0.1) is 5.69 Å². The van der Waals surface area contributed by atoms with Gasteiger partial charge in [0.15, 0.2) is 5.13 Å². The van der Waals surface area contributed by atoms with Crippen LogP contribution in [-0.4, -0.2) is 22.8 Å². The molecule has 5 nitrogen and oxygen atoms in total. The van der Waals surface area contributed by atoms with Gasteiger partial charge < -0.3 is 10.6 Å². The number of hydrogen-bond donors (Lipinski definition) is 2. The lowest BCUT2D eigenvalue weighted by Crippen LogP contribution is -2.57. The molecule has 0 aliphatic heterocycles. The van der Waals surface area contributed by atoms with Gasteiger partial charge in [-0.3, -0.25) is 9.59 Å². The van der Waals surface area contributed by atoms with Crippen LogP contribution in [0.3, 0.4) is 0 Å². The fourth-order valence-corrected chi connectivity index (χ4v) is 6.50. The van der Waals surface area contributed by atoms with E-state index in [2.05, 4.69) is 15.6 Å². The van der Waals surface area contributed by atoms with E-state index >= 15 is 0 Å². The zero-order valence-corrected chi connectivity index (χ0v) is 16.7. The third kappa shape index (κ3) is 3.28. The fraction of sp³-hybridized carbons (Fsp3) is 0.750. The van der Waals surface area contributed by atoms with Crippen molar-refractivity contribution in [2.45, 2.75) is 65.3 Å². The number of nitrogens with zero attached hydrogens (tertiary/aromatic N) is 1. The summed E-state index contributed by atoms with van der Waals surface area (Å²) < 4.78 is 0. The molecule has 0 aromatic carbocycles. The van der Waals surface area contributed by atoms with Crippen LogP contribution in [0.2, 0.25) is 0 Å². The van der Waals surface area contributed by atoms with Gasteiger partial charge in [0.1, 0.15) is 6.04 Å². The van der Waals surface area contributed by atoms with Crippen LogP contribution in [0, 0.1) is 36.0 Å². The molecule has 1 aromatic heterocycles. The second-order valence-electron chi connectivity index (χ2n) is 9.18. The van der Waals surface area contributed by atoms with Crippen LogP contribution in [-0.2, 0) is 9.59 Å². The Kier molecular flexibility index (Phi) is 4.58. The molecule has 142 valence electrons. The maximum absolute atomic E-state index is 13.3. The lowest BCUT2D eigenvalue weighted by atomic mass is 9.49. The van der Waals surface area contributed by atoms with Crippen LogP contribution in [0.15, 0.2) is 5.38 Å². The van der Waals surface area contributed by atoms with Gasteiger partial charge in [-0.05, 0) is 69.1 Å². The highest BCUT2D eigenvalue weighted by Crippen LogP contribution is 2.60. The Bertz CT molecular complexity index is 676. The Morgan fingerprint density at radius 2 is 1.73 bits per heavy atom. The van der Waals surface area contributed by atoms with Gasteiger partial charge in [-0.1, -0.05) is 13.8 Å². The van der Waals surface area contributed by atoms with Gasteiger partial charge in [0.2, 0.25) is 11.8 Å². The first-order chi connectivity index (χ1) is 12.3. The van der Waals surface area contributed by atoms with E-state index in [9.17, 15) is 9.59 Å². The minimum atomic E-state index is -0.514. The van der Waals surface area contributed by atoms with E-state index in [1.54, 1.807) is 0 Å². The summed E-state index contributed by atoms with van der Waals surface area (Å²) in [5.74, 6) is 2.15. The smallest absolute Gasteiger partial charge is 0.248 e. The van der Waals surface area contributed by atoms with Gasteiger partial charge in [0.25, 0.3) is 0 Å². The number of carbonyl (C=O) groups excluding carboxylic acids is 2. The van der Waals surface area contributed by atoms with Crippen LogP contribution < -0.4 is 10.6 Å². The number of nitrogens with one attached hydrogen (secondary N) is 2. The van der Waals surface area contributed by atoms with Crippen molar-refractivity contribution in [1.29, 1.82) is 0 Å². The number of aromatic nitrogens is 1. The van der Waals surface area contributed by atoms with Crippen molar-refractivity contribution in [2.24, 2.45) is 29.1 Å². The van der Waals surface area contributed by atoms with E-state index in [4.69, 9.17) is 0 Å². The number of thiazole rings is 1. The minimum Gasteiger partial charge on any atom is -0.344 e. The summed E-state index contributed by atoms with van der Waals surface area (Å²) in [5.41, 5.74) is 0.670. The first-order valence-corrected chi connectivity index (χ1v) is 10.8. The first-order valence-electron chi connectivity index (χ1n) is 9.88. The maximum Gasteiger partial charge on any atom is 0.248 e. The summed E-state index contributed by atoms with van der Waals surface area (Å²) in [6.07, 6.45) is 6.98. The molecule has 4 aliphatic carbocycles. The second-order valence-corrected chi connectivity index (χ2v) is 10.0. The molecule has 0 saturated heterocycles. The van der Waals surface area contributed by atoms with Crippen LogP contribution in [0.5, 0.6) is 0 Å². The lowest BCUT2D eigenvalue weighted by molar-refractivity contribution is -0.148. The minimum absolute atomic E-state index is 0.0360. The van der Waals surface area contributed by atoms with E-state index in [0.717, 1.165) is 42.7 Å². The van der Waals surface area contributed by atoms with Crippen molar-refractivity contribution >= 4 is 28.3 Å². The fourth-order valence-electron chi connectivity index (χ4n) is 5.81. The van der Waals surface area contributed by atoms with E-state index in [-0.39, 0.29) is 23.1 Å². The van der Waals surface area contributed by atoms with Crippen molar-refractivity contribution in [1.82, 2.24) is 10.3 Å². The van der Waals surface area contributed by atoms with Crippen LogP contribution in [0.1, 0.15) is 58.1 Å². The molecule has 2 N–H and O–H groups in total. The van der Waals surface area contributed by atoms with Gasteiger partial charge in [-0.25, -0.2) is 4.98 Å². The molecule has 0 spiro atoms. The van der Waals surface area contributed by atoms with E-state index in [1.165, 1.54) is 30.6 Å². The van der Waals surface area contributed by atoms with Crippen LogP contribution in [0.25, 0.3) is 0 Å². The van der Waals surface area contributed by atoms with E-state index < -0.39 is 6.04 Å². The highest BCUT2D eigenvalue weighted by Gasteiger charge is 2.55. The molecule has 5 rings (SSSR count). The monoisotopic (exact) mass is 375 g/mol. The number of amides is 2. The van der Waals surface area contributed by atoms with Crippen LogP contribution in [0.4, 0.5) is 5.13 Å².